The van der Waals surface area contributed by atoms with E-state index in [0.717, 1.165) is 15.2 Å². The minimum absolute atomic E-state index is 0.259. The van der Waals surface area contributed by atoms with E-state index in [4.69, 9.17) is 4.74 Å². The molecular formula is C11H14N2O3S2. The molecule has 7 heteroatoms. The predicted octanol–water partition coefficient (Wildman–Crippen LogP) is 1.53. The van der Waals surface area contributed by atoms with Gasteiger partial charge in [-0.15, -0.1) is 11.3 Å². The largest absolute Gasteiger partial charge is 0.383 e. The molecule has 0 amide bonds. The van der Waals surface area contributed by atoms with Gasteiger partial charge in [-0.05, 0) is 25.1 Å². The number of hydrogen-bond donors (Lipinski definition) is 1. The van der Waals surface area contributed by atoms with Crippen LogP contribution in [0.4, 0.5) is 0 Å². The van der Waals surface area contributed by atoms with Gasteiger partial charge in [-0.2, -0.15) is 0 Å². The number of benzene rings is 1. The van der Waals surface area contributed by atoms with Gasteiger partial charge in [-0.1, -0.05) is 0 Å². The number of methoxy groups -OCH3 is 1. The third-order valence-electron chi connectivity index (χ3n) is 2.38. The second kappa shape index (κ2) is 5.31. The molecule has 18 heavy (non-hydrogen) atoms. The van der Waals surface area contributed by atoms with Gasteiger partial charge in [0.2, 0.25) is 10.0 Å². The fourth-order valence-corrected chi connectivity index (χ4v) is 3.53. The first-order valence-corrected chi connectivity index (χ1v) is 7.69. The summed E-state index contributed by atoms with van der Waals surface area (Å²) in [5.74, 6) is 0. The summed E-state index contributed by atoms with van der Waals surface area (Å²) in [7, 11) is -1.94. The summed E-state index contributed by atoms with van der Waals surface area (Å²) in [6, 6.07) is 4.94. The standard InChI is InChI=1S/C11H14N2O3S2/c1-8-13-10-4-3-9(7-11(10)17-8)18(14,15)12-5-6-16-2/h3-4,7,12H,5-6H2,1-2H3. The molecule has 0 radical (unpaired) electrons. The van der Waals surface area contributed by atoms with Crippen LogP contribution in [0.5, 0.6) is 0 Å². The van der Waals surface area contributed by atoms with E-state index in [1.165, 1.54) is 18.4 Å². The van der Waals surface area contributed by atoms with Crippen LogP contribution >= 0.6 is 11.3 Å². The van der Waals surface area contributed by atoms with Crippen LogP contribution in [-0.4, -0.2) is 33.7 Å². The number of nitrogens with one attached hydrogen (secondary N) is 1. The number of thiazole rings is 1. The van der Waals surface area contributed by atoms with Crippen molar-refractivity contribution in [2.75, 3.05) is 20.3 Å². The highest BCUT2D eigenvalue weighted by atomic mass is 32.2. The van der Waals surface area contributed by atoms with Crippen molar-refractivity contribution in [1.82, 2.24) is 9.71 Å². The van der Waals surface area contributed by atoms with Crippen LogP contribution in [0.25, 0.3) is 10.2 Å². The Morgan fingerprint density at radius 3 is 2.94 bits per heavy atom. The summed E-state index contributed by atoms with van der Waals surface area (Å²) in [5, 5.41) is 0.923. The minimum atomic E-state index is -3.47. The number of sulfonamides is 1. The topological polar surface area (TPSA) is 68.3 Å². The third kappa shape index (κ3) is 2.86. The lowest BCUT2D eigenvalue weighted by atomic mass is 10.3. The van der Waals surface area contributed by atoms with E-state index in [1.807, 2.05) is 6.92 Å². The van der Waals surface area contributed by atoms with Crippen molar-refractivity contribution in [3.8, 4) is 0 Å². The highest BCUT2D eigenvalue weighted by Crippen LogP contribution is 2.24. The number of rotatable bonds is 5. The molecule has 0 atom stereocenters. The molecule has 0 saturated heterocycles. The smallest absolute Gasteiger partial charge is 0.240 e. The van der Waals surface area contributed by atoms with E-state index in [9.17, 15) is 8.42 Å². The van der Waals surface area contributed by atoms with Crippen LogP contribution < -0.4 is 4.72 Å². The van der Waals surface area contributed by atoms with Gasteiger partial charge >= 0.3 is 0 Å². The molecule has 5 nitrogen and oxygen atoms in total. The van der Waals surface area contributed by atoms with Gasteiger partial charge in [0.25, 0.3) is 0 Å². The maximum absolute atomic E-state index is 12.0. The average molecular weight is 286 g/mol. The van der Waals surface area contributed by atoms with Gasteiger partial charge in [0.1, 0.15) is 0 Å². The quantitative estimate of drug-likeness (QED) is 0.846. The Kier molecular flexibility index (Phi) is 3.96. The Bertz CT molecular complexity index is 649. The number of ether oxygens (including phenoxy) is 1. The van der Waals surface area contributed by atoms with E-state index >= 15 is 0 Å². The van der Waals surface area contributed by atoms with Gasteiger partial charge in [0.15, 0.2) is 0 Å². The van der Waals surface area contributed by atoms with E-state index in [1.54, 1.807) is 18.2 Å². The summed E-state index contributed by atoms with van der Waals surface area (Å²) in [4.78, 5) is 4.55. The summed E-state index contributed by atoms with van der Waals surface area (Å²) >= 11 is 1.48. The van der Waals surface area contributed by atoms with Crippen LogP contribution in [0.2, 0.25) is 0 Å². The molecule has 0 unspecified atom stereocenters. The van der Waals surface area contributed by atoms with Crippen molar-refractivity contribution in [3.63, 3.8) is 0 Å². The lowest BCUT2D eigenvalue weighted by Crippen LogP contribution is -2.27. The molecule has 0 fully saturated rings. The Hall–Kier alpha value is -1.02. The van der Waals surface area contributed by atoms with Crippen molar-refractivity contribution in [3.05, 3.63) is 23.2 Å². The van der Waals surface area contributed by atoms with Crippen LogP contribution in [0.1, 0.15) is 5.01 Å². The minimum Gasteiger partial charge on any atom is -0.383 e. The Morgan fingerprint density at radius 2 is 2.22 bits per heavy atom. The summed E-state index contributed by atoms with van der Waals surface area (Å²) in [5.41, 5.74) is 0.827. The molecule has 0 bridgehead atoms. The van der Waals surface area contributed by atoms with Crippen LogP contribution in [0, 0.1) is 6.92 Å². The zero-order valence-electron chi connectivity index (χ0n) is 10.1. The average Bonchev–Trinajstić information content (AvgIpc) is 2.68. The number of hydrogen-bond acceptors (Lipinski definition) is 5. The zero-order chi connectivity index (χ0) is 13.2. The van der Waals surface area contributed by atoms with Gasteiger partial charge in [-0.3, -0.25) is 0 Å². The molecule has 2 rings (SSSR count). The van der Waals surface area contributed by atoms with E-state index in [0.29, 0.717) is 6.61 Å². The molecule has 98 valence electrons. The Balaban J connectivity index is 2.29. The van der Waals surface area contributed by atoms with Crippen molar-refractivity contribution < 1.29 is 13.2 Å². The highest BCUT2D eigenvalue weighted by Gasteiger charge is 2.14. The number of fused-ring (bicyclic) bond motifs is 1. The molecule has 1 aromatic carbocycles. The molecule has 0 spiro atoms. The second-order valence-electron chi connectivity index (χ2n) is 3.75. The van der Waals surface area contributed by atoms with Crippen molar-refractivity contribution >= 4 is 31.6 Å². The summed E-state index contributed by atoms with van der Waals surface area (Å²) in [6.07, 6.45) is 0. The molecule has 1 aromatic heterocycles. The monoisotopic (exact) mass is 286 g/mol. The first kappa shape index (κ1) is 13.4. The van der Waals surface area contributed by atoms with Crippen molar-refractivity contribution in [1.29, 1.82) is 0 Å². The Labute approximate surface area is 110 Å². The van der Waals surface area contributed by atoms with Gasteiger partial charge in [-0.25, -0.2) is 18.1 Å². The normalized spacial score (nSPS) is 12.1. The lowest BCUT2D eigenvalue weighted by Gasteiger charge is -2.05. The summed E-state index contributed by atoms with van der Waals surface area (Å²) < 4.78 is 32.1. The van der Waals surface area contributed by atoms with E-state index in [-0.39, 0.29) is 11.4 Å². The maximum atomic E-state index is 12.0. The molecule has 0 aliphatic heterocycles. The zero-order valence-corrected chi connectivity index (χ0v) is 11.8. The predicted molar refractivity (Wildman–Crippen MR) is 71.4 cm³/mol. The number of aromatic nitrogens is 1. The molecule has 0 aliphatic rings. The molecule has 2 aromatic rings. The van der Waals surface area contributed by atoms with Gasteiger partial charge in [0.05, 0.1) is 26.7 Å². The highest BCUT2D eigenvalue weighted by molar-refractivity contribution is 7.89. The lowest BCUT2D eigenvalue weighted by molar-refractivity contribution is 0.204. The maximum Gasteiger partial charge on any atom is 0.240 e. The molecular weight excluding hydrogens is 272 g/mol. The third-order valence-corrected chi connectivity index (χ3v) is 4.77. The molecule has 1 N–H and O–H groups in total. The van der Waals surface area contributed by atoms with E-state index in [2.05, 4.69) is 9.71 Å². The fraction of sp³-hybridized carbons (Fsp3) is 0.364. The molecule has 0 aliphatic carbocycles. The SMILES string of the molecule is COCCNS(=O)(=O)c1ccc2nc(C)sc2c1. The fourth-order valence-electron chi connectivity index (χ4n) is 1.55. The van der Waals surface area contributed by atoms with Crippen LogP contribution in [0.15, 0.2) is 23.1 Å². The first-order valence-electron chi connectivity index (χ1n) is 5.39. The summed E-state index contributed by atoms with van der Waals surface area (Å²) in [6.45, 7) is 2.51. The second-order valence-corrected chi connectivity index (χ2v) is 6.75. The van der Waals surface area contributed by atoms with E-state index < -0.39 is 10.0 Å². The van der Waals surface area contributed by atoms with Crippen LogP contribution in [0.3, 0.4) is 0 Å². The van der Waals surface area contributed by atoms with Gasteiger partial charge < -0.3 is 4.74 Å². The molecule has 0 saturated carbocycles. The first-order chi connectivity index (χ1) is 8.53. The van der Waals surface area contributed by atoms with Crippen molar-refractivity contribution in [2.45, 2.75) is 11.8 Å². The number of aryl methyl sites for hydroxylation is 1. The molecule has 1 heterocycles. The number of nitrogens with zero attached hydrogens (tertiary/aromatic N) is 1. The Morgan fingerprint density at radius 1 is 1.44 bits per heavy atom. The van der Waals surface area contributed by atoms with Crippen molar-refractivity contribution in [2.24, 2.45) is 0 Å². The van der Waals surface area contributed by atoms with Crippen LogP contribution in [-0.2, 0) is 14.8 Å². The van der Waals surface area contributed by atoms with Gasteiger partial charge in [0, 0.05) is 13.7 Å².